The summed E-state index contributed by atoms with van der Waals surface area (Å²) in [6.07, 6.45) is 6.84. The van der Waals surface area contributed by atoms with E-state index in [4.69, 9.17) is 4.74 Å². The zero-order chi connectivity index (χ0) is 14.0. The lowest BCUT2D eigenvalue weighted by atomic mass is 9.70. The maximum atomic E-state index is 12.3. The first-order valence-corrected chi connectivity index (χ1v) is 7.44. The standard InChI is InChI=1S/C16H30O2/c1-7-14(3,4)13(17)18-15(5,6)16(8-2)11-9-10-12-16/h7-12H2,1-6H3. The molecule has 0 unspecified atom stereocenters. The zero-order valence-corrected chi connectivity index (χ0v) is 13.1. The Labute approximate surface area is 112 Å². The highest BCUT2D eigenvalue weighted by atomic mass is 16.6. The van der Waals surface area contributed by atoms with Crippen molar-refractivity contribution in [2.75, 3.05) is 0 Å². The van der Waals surface area contributed by atoms with Crippen LogP contribution in [0.4, 0.5) is 0 Å². The Morgan fingerprint density at radius 3 is 2.00 bits per heavy atom. The Kier molecular flexibility index (Phi) is 4.51. The normalized spacial score (nSPS) is 19.9. The van der Waals surface area contributed by atoms with Crippen LogP contribution in [0.3, 0.4) is 0 Å². The predicted molar refractivity (Wildman–Crippen MR) is 75.4 cm³/mol. The molecule has 0 amide bonds. The Hall–Kier alpha value is -0.530. The van der Waals surface area contributed by atoms with Crippen molar-refractivity contribution >= 4 is 5.97 Å². The molecule has 0 aromatic heterocycles. The van der Waals surface area contributed by atoms with Gasteiger partial charge in [0, 0.05) is 5.41 Å². The third kappa shape index (κ3) is 2.73. The molecular formula is C16H30O2. The molecule has 1 saturated carbocycles. The van der Waals surface area contributed by atoms with Gasteiger partial charge in [-0.1, -0.05) is 26.7 Å². The average molecular weight is 254 g/mol. The number of rotatable bonds is 5. The SMILES string of the molecule is CCC(C)(C)C(=O)OC(C)(C)C1(CC)CCCC1. The van der Waals surface area contributed by atoms with Crippen LogP contribution in [0, 0.1) is 10.8 Å². The maximum Gasteiger partial charge on any atom is 0.312 e. The maximum absolute atomic E-state index is 12.3. The summed E-state index contributed by atoms with van der Waals surface area (Å²) in [6, 6.07) is 0. The van der Waals surface area contributed by atoms with Crippen LogP contribution in [0.2, 0.25) is 0 Å². The fourth-order valence-electron chi connectivity index (χ4n) is 3.06. The molecule has 0 heterocycles. The summed E-state index contributed by atoms with van der Waals surface area (Å²) < 4.78 is 5.93. The lowest BCUT2D eigenvalue weighted by molar-refractivity contribution is -0.182. The summed E-state index contributed by atoms with van der Waals surface area (Å²) in [7, 11) is 0. The summed E-state index contributed by atoms with van der Waals surface area (Å²) in [5.74, 6) is -0.0466. The molecule has 106 valence electrons. The Balaban J connectivity index is 2.84. The van der Waals surface area contributed by atoms with E-state index in [0.29, 0.717) is 0 Å². The van der Waals surface area contributed by atoms with Gasteiger partial charge < -0.3 is 4.74 Å². The third-order valence-corrected chi connectivity index (χ3v) is 5.30. The predicted octanol–water partition coefficient (Wildman–Crippen LogP) is 4.71. The summed E-state index contributed by atoms with van der Waals surface area (Å²) in [5, 5.41) is 0. The second kappa shape index (κ2) is 5.22. The molecule has 0 aromatic carbocycles. The molecule has 0 N–H and O–H groups in total. The van der Waals surface area contributed by atoms with Gasteiger partial charge in [-0.25, -0.2) is 0 Å². The molecule has 0 atom stereocenters. The van der Waals surface area contributed by atoms with E-state index >= 15 is 0 Å². The van der Waals surface area contributed by atoms with Gasteiger partial charge in [0.15, 0.2) is 0 Å². The van der Waals surface area contributed by atoms with Gasteiger partial charge in [0.05, 0.1) is 5.41 Å². The van der Waals surface area contributed by atoms with Crippen molar-refractivity contribution in [3.05, 3.63) is 0 Å². The van der Waals surface area contributed by atoms with E-state index in [0.717, 1.165) is 12.8 Å². The summed E-state index contributed by atoms with van der Waals surface area (Å²) in [6.45, 7) is 12.4. The Morgan fingerprint density at radius 2 is 1.61 bits per heavy atom. The van der Waals surface area contributed by atoms with E-state index in [9.17, 15) is 4.79 Å². The highest BCUT2D eigenvalue weighted by Crippen LogP contribution is 2.51. The van der Waals surface area contributed by atoms with Gasteiger partial charge in [-0.15, -0.1) is 0 Å². The minimum atomic E-state index is -0.370. The van der Waals surface area contributed by atoms with Crippen molar-refractivity contribution in [3.8, 4) is 0 Å². The van der Waals surface area contributed by atoms with Gasteiger partial charge in [0.2, 0.25) is 0 Å². The van der Waals surface area contributed by atoms with E-state index in [1.807, 2.05) is 20.8 Å². The molecule has 1 aliphatic carbocycles. The Bertz CT molecular complexity index is 296. The molecule has 0 radical (unpaired) electrons. The molecule has 2 nitrogen and oxygen atoms in total. The lowest BCUT2D eigenvalue weighted by Crippen LogP contribution is -2.47. The zero-order valence-electron chi connectivity index (χ0n) is 13.1. The number of ether oxygens (including phenoxy) is 1. The Morgan fingerprint density at radius 1 is 1.11 bits per heavy atom. The van der Waals surface area contributed by atoms with Crippen molar-refractivity contribution < 1.29 is 9.53 Å². The number of carbonyl (C=O) groups is 1. The number of hydrogen-bond donors (Lipinski definition) is 0. The van der Waals surface area contributed by atoms with Crippen LogP contribution in [-0.2, 0) is 9.53 Å². The lowest BCUT2D eigenvalue weighted by Gasteiger charge is -2.44. The van der Waals surface area contributed by atoms with Gasteiger partial charge in [-0.05, 0) is 53.4 Å². The molecule has 0 aliphatic heterocycles. The second-order valence-electron chi connectivity index (χ2n) is 6.98. The van der Waals surface area contributed by atoms with Gasteiger partial charge in [-0.3, -0.25) is 4.79 Å². The molecule has 0 spiro atoms. The molecule has 0 aromatic rings. The minimum absolute atomic E-state index is 0.0466. The smallest absolute Gasteiger partial charge is 0.312 e. The van der Waals surface area contributed by atoms with Crippen LogP contribution in [-0.4, -0.2) is 11.6 Å². The quantitative estimate of drug-likeness (QED) is 0.664. The minimum Gasteiger partial charge on any atom is -0.459 e. The van der Waals surface area contributed by atoms with Gasteiger partial charge >= 0.3 is 5.97 Å². The van der Waals surface area contributed by atoms with E-state index in [2.05, 4.69) is 20.8 Å². The number of hydrogen-bond acceptors (Lipinski definition) is 2. The highest BCUT2D eigenvalue weighted by molar-refractivity contribution is 5.76. The molecule has 18 heavy (non-hydrogen) atoms. The van der Waals surface area contributed by atoms with Crippen molar-refractivity contribution in [2.24, 2.45) is 10.8 Å². The summed E-state index contributed by atoms with van der Waals surface area (Å²) in [4.78, 5) is 12.3. The molecule has 1 rings (SSSR count). The van der Waals surface area contributed by atoms with Crippen LogP contribution >= 0.6 is 0 Å². The first kappa shape index (κ1) is 15.5. The largest absolute Gasteiger partial charge is 0.459 e. The van der Waals surface area contributed by atoms with Crippen molar-refractivity contribution in [2.45, 2.75) is 85.7 Å². The number of carbonyl (C=O) groups excluding carboxylic acids is 1. The van der Waals surface area contributed by atoms with Crippen LogP contribution in [0.15, 0.2) is 0 Å². The van der Waals surface area contributed by atoms with Crippen molar-refractivity contribution in [1.82, 2.24) is 0 Å². The van der Waals surface area contributed by atoms with Crippen LogP contribution in [0.25, 0.3) is 0 Å². The van der Waals surface area contributed by atoms with E-state index in [1.165, 1.54) is 25.7 Å². The van der Waals surface area contributed by atoms with Gasteiger partial charge in [0.25, 0.3) is 0 Å². The fourth-order valence-corrected chi connectivity index (χ4v) is 3.06. The van der Waals surface area contributed by atoms with E-state index in [-0.39, 0.29) is 22.4 Å². The molecule has 0 saturated heterocycles. The molecule has 0 bridgehead atoms. The van der Waals surface area contributed by atoms with Crippen molar-refractivity contribution in [1.29, 1.82) is 0 Å². The molecule has 1 fully saturated rings. The molecule has 2 heteroatoms. The average Bonchev–Trinajstić information content (AvgIpc) is 2.78. The monoisotopic (exact) mass is 254 g/mol. The summed E-state index contributed by atoms with van der Waals surface area (Å²) in [5.41, 5.74) is -0.529. The van der Waals surface area contributed by atoms with Crippen LogP contribution in [0.1, 0.15) is 80.1 Å². The van der Waals surface area contributed by atoms with E-state index in [1.54, 1.807) is 0 Å². The number of esters is 1. The first-order chi connectivity index (χ1) is 8.21. The van der Waals surface area contributed by atoms with Crippen LogP contribution < -0.4 is 0 Å². The highest BCUT2D eigenvalue weighted by Gasteiger charge is 2.49. The molecule has 1 aliphatic rings. The second-order valence-corrected chi connectivity index (χ2v) is 6.98. The summed E-state index contributed by atoms with van der Waals surface area (Å²) >= 11 is 0. The van der Waals surface area contributed by atoms with Gasteiger partial charge in [-0.2, -0.15) is 0 Å². The van der Waals surface area contributed by atoms with E-state index < -0.39 is 0 Å². The first-order valence-electron chi connectivity index (χ1n) is 7.44. The third-order valence-electron chi connectivity index (χ3n) is 5.30. The molecular weight excluding hydrogens is 224 g/mol. The van der Waals surface area contributed by atoms with Crippen LogP contribution in [0.5, 0.6) is 0 Å². The van der Waals surface area contributed by atoms with Gasteiger partial charge in [0.1, 0.15) is 5.60 Å². The fraction of sp³-hybridized carbons (Fsp3) is 0.938. The van der Waals surface area contributed by atoms with Crippen molar-refractivity contribution in [3.63, 3.8) is 0 Å². The topological polar surface area (TPSA) is 26.3 Å².